The molecule has 0 spiro atoms. The lowest BCUT2D eigenvalue weighted by atomic mass is 9.98. The van der Waals surface area contributed by atoms with Gasteiger partial charge in [0.25, 0.3) is 0 Å². The van der Waals surface area contributed by atoms with Gasteiger partial charge < -0.3 is 10.1 Å². The average Bonchev–Trinajstić information content (AvgIpc) is 2.89. The number of ether oxygens (including phenoxy) is 1. The lowest BCUT2D eigenvalue weighted by Crippen LogP contribution is -2.43. The number of hydrogen-bond donors (Lipinski definition) is 2. The van der Waals surface area contributed by atoms with E-state index in [1.807, 2.05) is 0 Å². The summed E-state index contributed by atoms with van der Waals surface area (Å²) in [5.74, 6) is 1.88. The van der Waals surface area contributed by atoms with Crippen LogP contribution in [-0.2, 0) is 9.53 Å². The van der Waals surface area contributed by atoms with Crippen molar-refractivity contribution in [2.45, 2.75) is 44.2 Å². The molecule has 1 unspecified atom stereocenters. The summed E-state index contributed by atoms with van der Waals surface area (Å²) in [5.41, 5.74) is 0. The van der Waals surface area contributed by atoms with Gasteiger partial charge in [0.1, 0.15) is 0 Å². The summed E-state index contributed by atoms with van der Waals surface area (Å²) in [4.78, 5) is 11.7. The van der Waals surface area contributed by atoms with Crippen LogP contribution in [0.25, 0.3) is 0 Å². The van der Waals surface area contributed by atoms with E-state index in [2.05, 4.69) is 10.6 Å². The van der Waals surface area contributed by atoms with Crippen LogP contribution in [0.3, 0.4) is 0 Å². The number of amides is 1. The van der Waals surface area contributed by atoms with Crippen molar-refractivity contribution in [3.8, 4) is 0 Å². The summed E-state index contributed by atoms with van der Waals surface area (Å²) < 4.78 is 5.76. The number of carbonyl (C=O) groups is 1. The van der Waals surface area contributed by atoms with Gasteiger partial charge in [-0.15, -0.1) is 24.2 Å². The van der Waals surface area contributed by atoms with Crippen LogP contribution in [0.1, 0.15) is 32.1 Å². The third kappa shape index (κ3) is 5.34. The van der Waals surface area contributed by atoms with E-state index in [-0.39, 0.29) is 24.4 Å². The Kier molecular flexibility index (Phi) is 8.06. The number of halogens is 1. The molecule has 0 aromatic heterocycles. The molecule has 1 saturated heterocycles. The van der Waals surface area contributed by atoms with Gasteiger partial charge in [-0.2, -0.15) is 0 Å². The van der Waals surface area contributed by atoms with Crippen molar-refractivity contribution in [3.05, 3.63) is 0 Å². The van der Waals surface area contributed by atoms with Gasteiger partial charge >= 0.3 is 0 Å². The van der Waals surface area contributed by atoms with Crippen molar-refractivity contribution in [3.63, 3.8) is 0 Å². The van der Waals surface area contributed by atoms with E-state index in [1.54, 1.807) is 11.8 Å². The Labute approximate surface area is 119 Å². The van der Waals surface area contributed by atoms with E-state index in [1.165, 1.54) is 32.1 Å². The molecule has 0 bridgehead atoms. The van der Waals surface area contributed by atoms with E-state index >= 15 is 0 Å². The highest BCUT2D eigenvalue weighted by Gasteiger charge is 2.21. The molecule has 1 aliphatic carbocycles. The maximum Gasteiger partial charge on any atom is 0.238 e. The zero-order valence-electron chi connectivity index (χ0n) is 10.7. The molecular formula is C12H23ClN2O2S. The minimum absolute atomic E-state index is 0. The van der Waals surface area contributed by atoms with Gasteiger partial charge in [0.15, 0.2) is 0 Å². The summed E-state index contributed by atoms with van der Waals surface area (Å²) in [6, 6.07) is -0.00493. The van der Waals surface area contributed by atoms with Crippen LogP contribution >= 0.6 is 24.2 Å². The van der Waals surface area contributed by atoms with Crippen molar-refractivity contribution in [1.82, 2.24) is 10.6 Å². The molecule has 6 heteroatoms. The highest BCUT2D eigenvalue weighted by molar-refractivity contribution is 7.99. The highest BCUT2D eigenvalue weighted by Crippen LogP contribution is 2.19. The molecule has 2 rings (SSSR count). The third-order valence-electron chi connectivity index (χ3n) is 3.34. The second-order valence-electron chi connectivity index (χ2n) is 4.69. The molecule has 1 aliphatic heterocycles. The minimum atomic E-state index is -0.00493. The Hall–Kier alpha value is 0.0300. The Morgan fingerprint density at radius 3 is 2.78 bits per heavy atom. The van der Waals surface area contributed by atoms with E-state index < -0.39 is 0 Å². The van der Waals surface area contributed by atoms with Crippen molar-refractivity contribution in [2.24, 2.45) is 0 Å². The van der Waals surface area contributed by atoms with Crippen molar-refractivity contribution < 1.29 is 9.53 Å². The molecule has 1 saturated carbocycles. The SMILES string of the molecule is Cl.O=C(NCCOC1CCCCC1)C1CSCN1. The van der Waals surface area contributed by atoms with Crippen LogP contribution in [0.2, 0.25) is 0 Å². The van der Waals surface area contributed by atoms with E-state index in [0.717, 1.165) is 11.6 Å². The molecule has 1 atom stereocenters. The summed E-state index contributed by atoms with van der Waals surface area (Å²) in [6.45, 7) is 1.29. The first-order valence-electron chi connectivity index (χ1n) is 6.57. The molecule has 1 heterocycles. The first-order chi connectivity index (χ1) is 8.36. The molecule has 2 aliphatic rings. The van der Waals surface area contributed by atoms with Gasteiger partial charge in [0, 0.05) is 18.2 Å². The molecular weight excluding hydrogens is 272 g/mol. The van der Waals surface area contributed by atoms with Crippen molar-refractivity contribution in [2.75, 3.05) is 24.8 Å². The monoisotopic (exact) mass is 294 g/mol. The van der Waals surface area contributed by atoms with Crippen LogP contribution in [0.15, 0.2) is 0 Å². The summed E-state index contributed by atoms with van der Waals surface area (Å²) in [6.07, 6.45) is 6.74. The number of hydrogen-bond acceptors (Lipinski definition) is 4. The van der Waals surface area contributed by atoms with Crippen LogP contribution in [-0.4, -0.2) is 42.8 Å². The molecule has 1 amide bonds. The van der Waals surface area contributed by atoms with Gasteiger partial charge in [0.05, 0.1) is 18.8 Å². The summed E-state index contributed by atoms with van der Waals surface area (Å²) in [7, 11) is 0. The predicted molar refractivity (Wildman–Crippen MR) is 77.3 cm³/mol. The largest absolute Gasteiger partial charge is 0.376 e. The van der Waals surface area contributed by atoms with Gasteiger partial charge in [-0.05, 0) is 12.8 Å². The molecule has 0 aromatic rings. The second-order valence-corrected chi connectivity index (χ2v) is 5.72. The smallest absolute Gasteiger partial charge is 0.238 e. The number of carbonyl (C=O) groups excluding carboxylic acids is 1. The summed E-state index contributed by atoms with van der Waals surface area (Å²) >= 11 is 1.77. The number of thioether (sulfide) groups is 1. The standard InChI is InChI=1S/C12H22N2O2S.ClH/c15-12(11-8-17-9-14-11)13-6-7-16-10-4-2-1-3-5-10;/h10-11,14H,1-9H2,(H,13,15);1H. The van der Waals surface area contributed by atoms with Crippen LogP contribution < -0.4 is 10.6 Å². The Bertz CT molecular complexity index is 244. The molecule has 0 radical (unpaired) electrons. The molecule has 4 nitrogen and oxygen atoms in total. The topological polar surface area (TPSA) is 50.4 Å². The Morgan fingerprint density at radius 2 is 2.11 bits per heavy atom. The highest BCUT2D eigenvalue weighted by atomic mass is 35.5. The predicted octanol–water partition coefficient (Wildman–Crippen LogP) is 1.54. The molecule has 2 fully saturated rings. The molecule has 106 valence electrons. The van der Waals surface area contributed by atoms with E-state index in [0.29, 0.717) is 19.3 Å². The Balaban J connectivity index is 0.00000162. The fraction of sp³-hybridized carbons (Fsp3) is 0.917. The number of nitrogens with one attached hydrogen (secondary N) is 2. The van der Waals surface area contributed by atoms with Crippen molar-refractivity contribution >= 4 is 30.1 Å². The normalized spacial score (nSPS) is 24.6. The van der Waals surface area contributed by atoms with E-state index in [9.17, 15) is 4.79 Å². The molecule has 0 aromatic carbocycles. The van der Waals surface area contributed by atoms with Gasteiger partial charge in [-0.25, -0.2) is 0 Å². The summed E-state index contributed by atoms with van der Waals surface area (Å²) in [5, 5.41) is 6.08. The zero-order valence-corrected chi connectivity index (χ0v) is 12.3. The Morgan fingerprint density at radius 1 is 1.33 bits per heavy atom. The second kappa shape index (κ2) is 9.02. The maximum absolute atomic E-state index is 11.7. The average molecular weight is 295 g/mol. The van der Waals surface area contributed by atoms with Crippen molar-refractivity contribution in [1.29, 1.82) is 0 Å². The molecule has 2 N–H and O–H groups in total. The fourth-order valence-corrected chi connectivity index (χ4v) is 3.26. The quantitative estimate of drug-likeness (QED) is 0.755. The lowest BCUT2D eigenvalue weighted by molar-refractivity contribution is -0.122. The fourth-order valence-electron chi connectivity index (χ4n) is 2.32. The maximum atomic E-state index is 11.7. The van der Waals surface area contributed by atoms with Gasteiger partial charge in [0.2, 0.25) is 5.91 Å². The van der Waals surface area contributed by atoms with Gasteiger partial charge in [-0.3, -0.25) is 10.1 Å². The first-order valence-corrected chi connectivity index (χ1v) is 7.72. The van der Waals surface area contributed by atoms with Crippen LogP contribution in [0.5, 0.6) is 0 Å². The first kappa shape index (κ1) is 16.1. The zero-order chi connectivity index (χ0) is 11.9. The third-order valence-corrected chi connectivity index (χ3v) is 4.28. The lowest BCUT2D eigenvalue weighted by Gasteiger charge is -2.22. The molecule has 18 heavy (non-hydrogen) atoms. The van der Waals surface area contributed by atoms with Crippen LogP contribution in [0.4, 0.5) is 0 Å². The minimum Gasteiger partial charge on any atom is -0.376 e. The van der Waals surface area contributed by atoms with Gasteiger partial charge in [-0.1, -0.05) is 19.3 Å². The van der Waals surface area contributed by atoms with Crippen LogP contribution in [0, 0.1) is 0 Å². The van der Waals surface area contributed by atoms with E-state index in [4.69, 9.17) is 4.74 Å². The number of rotatable bonds is 5.